The summed E-state index contributed by atoms with van der Waals surface area (Å²) in [7, 11) is 21.1. The second kappa shape index (κ2) is 42.3. The molecule has 113 heavy (non-hydrogen) atoms. The van der Waals surface area contributed by atoms with Crippen LogP contribution in [0.3, 0.4) is 0 Å². The van der Waals surface area contributed by atoms with Crippen molar-refractivity contribution in [1.29, 1.82) is 0 Å². The van der Waals surface area contributed by atoms with Gasteiger partial charge in [0.2, 0.25) is 5.69 Å². The Bertz CT molecular complexity index is 5080. The van der Waals surface area contributed by atoms with Crippen molar-refractivity contribution in [2.24, 2.45) is 72.9 Å². The number of aryl methyl sites for hydroxylation is 6. The molecular formula is C92H108ClFN18O+6. The lowest BCUT2D eigenvalue weighted by molar-refractivity contribution is -0.672. The fourth-order valence-electron chi connectivity index (χ4n) is 11.3. The molecule has 8 heterocycles. The van der Waals surface area contributed by atoms with Crippen molar-refractivity contribution in [2.75, 3.05) is 71.9 Å². The minimum absolute atomic E-state index is 0. The van der Waals surface area contributed by atoms with Gasteiger partial charge in [0, 0.05) is 146 Å². The lowest BCUT2D eigenvalue weighted by Crippen LogP contribution is -2.48. The summed E-state index contributed by atoms with van der Waals surface area (Å²) in [6.07, 6.45) is 34.1. The molecule has 21 heteroatoms. The second-order valence-electron chi connectivity index (χ2n) is 27.8. The van der Waals surface area contributed by atoms with Gasteiger partial charge >= 0.3 is 0 Å². The number of methoxy groups -OCH3 is 1. The molecule has 2 aliphatic heterocycles. The van der Waals surface area contributed by atoms with Crippen LogP contribution < -0.4 is 62.2 Å². The summed E-state index contributed by atoms with van der Waals surface area (Å²) in [5.74, 6) is 0.563. The Labute approximate surface area is 672 Å². The first-order chi connectivity index (χ1) is 53.9. The Balaban J connectivity index is 0.000000170. The molecule has 0 unspecified atom stereocenters. The van der Waals surface area contributed by atoms with Gasteiger partial charge in [-0.05, 0) is 122 Å². The molecule has 0 N–H and O–H groups in total. The van der Waals surface area contributed by atoms with Crippen LogP contribution in [-0.2, 0) is 54.1 Å². The van der Waals surface area contributed by atoms with Crippen molar-refractivity contribution < 1.29 is 36.5 Å². The third kappa shape index (κ3) is 25.6. The average molecular weight is 1540 g/mol. The molecule has 14 rings (SSSR count). The topological polar surface area (TPSA) is 126 Å². The summed E-state index contributed by atoms with van der Waals surface area (Å²) in [5.41, 5.74) is 15.1. The van der Waals surface area contributed by atoms with Crippen LogP contribution in [0.15, 0.2) is 329 Å². The summed E-state index contributed by atoms with van der Waals surface area (Å²) in [4.78, 5) is 0. The number of benzene rings is 6. The van der Waals surface area contributed by atoms with Crippen molar-refractivity contribution in [2.45, 2.75) is 52.5 Å². The fraction of sp³-hybridized carbons (Fsp3) is 0.217. The first kappa shape index (κ1) is 85.7. The largest absolute Gasteiger partial charge is 0.497 e. The molecule has 6 aromatic heterocycles. The molecule has 0 amide bonds. The van der Waals surface area contributed by atoms with Crippen LogP contribution in [-0.4, -0.2) is 84.7 Å². The van der Waals surface area contributed by atoms with Crippen LogP contribution in [0.1, 0.15) is 79.8 Å². The first-order valence-corrected chi connectivity index (χ1v) is 37.2. The fourth-order valence-corrected chi connectivity index (χ4v) is 11.5. The van der Waals surface area contributed by atoms with Gasteiger partial charge in [0.05, 0.1) is 77.8 Å². The number of fused-ring (bicyclic) bond motifs is 2. The molecule has 0 radical (unpaired) electrons. The Morgan fingerprint density at radius 2 is 0.796 bits per heavy atom. The number of halogens is 2. The molecule has 12 aromatic rings. The summed E-state index contributed by atoms with van der Waals surface area (Å²) >= 11 is 5.84. The van der Waals surface area contributed by atoms with Crippen LogP contribution in [0, 0.1) is 5.82 Å². The van der Waals surface area contributed by atoms with Gasteiger partial charge in [-0.15, -0.1) is 0 Å². The number of hydrogen-bond donors (Lipinski definition) is 0. The van der Waals surface area contributed by atoms with E-state index in [0.29, 0.717) is 5.69 Å². The predicted octanol–water partition coefficient (Wildman–Crippen LogP) is 14.7. The van der Waals surface area contributed by atoms with Gasteiger partial charge in [-0.3, -0.25) is 30.1 Å². The molecule has 0 spiro atoms. The SMILES string of the molecule is C.CN(N=Cc1cc[n+](C)cc1)c1ccc(Cl)cc1.CN(N=Cc1cc[n+](C)cc1)c1ccccc1F.CN(N=Cc1cccc[n+]1C)c1ccccc1.COc1ccc(N(C)N=Cc2cc[n+](C)cc2)cc1.C[n+]1ccc(C=NN2CCc3ccccc32)cc1.C[n+]1ccc(C=NN2c3ccccc3C(C)(C)C2(C)C)cc1. The summed E-state index contributed by atoms with van der Waals surface area (Å²) in [6, 6.07) is 75.3. The van der Waals surface area contributed by atoms with E-state index in [1.165, 1.54) is 33.6 Å². The van der Waals surface area contributed by atoms with E-state index < -0.39 is 0 Å². The van der Waals surface area contributed by atoms with Crippen LogP contribution in [0.2, 0.25) is 5.02 Å². The number of pyridine rings is 6. The summed E-state index contributed by atoms with van der Waals surface area (Å²) in [6.45, 7) is 10.1. The van der Waals surface area contributed by atoms with Gasteiger partial charge in [-0.25, -0.2) is 31.8 Å². The highest BCUT2D eigenvalue weighted by Gasteiger charge is 2.51. The van der Waals surface area contributed by atoms with E-state index in [4.69, 9.17) is 21.4 Å². The molecule has 0 saturated heterocycles. The molecule has 19 nitrogen and oxygen atoms in total. The van der Waals surface area contributed by atoms with E-state index in [-0.39, 0.29) is 24.2 Å². The molecule has 6 aromatic carbocycles. The molecule has 0 atom stereocenters. The van der Waals surface area contributed by atoms with E-state index in [9.17, 15) is 4.39 Å². The molecule has 0 bridgehead atoms. The zero-order valence-corrected chi connectivity index (χ0v) is 67.6. The van der Waals surface area contributed by atoms with E-state index in [1.807, 2.05) is 339 Å². The zero-order chi connectivity index (χ0) is 80.0. The van der Waals surface area contributed by atoms with E-state index in [2.05, 4.69) is 136 Å². The highest BCUT2D eigenvalue weighted by molar-refractivity contribution is 6.30. The first-order valence-electron chi connectivity index (χ1n) is 36.8. The van der Waals surface area contributed by atoms with Crippen LogP contribution in [0.5, 0.6) is 5.75 Å². The number of nitrogens with zero attached hydrogens (tertiary/aromatic N) is 18. The third-order valence-electron chi connectivity index (χ3n) is 19.0. The smallest absolute Gasteiger partial charge is 0.225 e. The van der Waals surface area contributed by atoms with Gasteiger partial charge in [0.15, 0.2) is 68.2 Å². The van der Waals surface area contributed by atoms with Crippen molar-refractivity contribution in [3.05, 3.63) is 354 Å². The lowest BCUT2D eigenvalue weighted by atomic mass is 9.73. The molecule has 0 saturated carbocycles. The zero-order valence-electron chi connectivity index (χ0n) is 66.9. The highest BCUT2D eigenvalue weighted by Crippen LogP contribution is 2.51. The average Bonchev–Trinajstić information content (AvgIpc) is 1.57. The monoisotopic (exact) mass is 1530 g/mol. The molecule has 2 aliphatic rings. The summed E-state index contributed by atoms with van der Waals surface area (Å²) < 4.78 is 30.6. The number of anilines is 6. The van der Waals surface area contributed by atoms with Gasteiger partial charge in [-0.1, -0.05) is 99.6 Å². The standard InChI is InChI=1S/C19H24N3.C15H18N3O.C15H16N3.C14H15ClN3.C14H15FN3.C14H16N3.CH4/c1-18(2)16-8-6-7-9-17(16)22(19(18,3)4)20-14-15-10-12-21(5)13-11-15;1-17-10-8-13(9-11-17)12-16-18(2)14-4-6-15(19-3)7-5-14;1-17-9-6-13(7-10-17)12-16-18-11-8-14-4-2-3-5-15(14)18;1-17-9-7-12(8-10-17)11-16-18(2)14-5-3-13(15)4-6-14;1-17-9-7-12(8-10-17)11-16-18(2)14-6-4-3-5-13(14)15;1-16-11-7-6-10-14(16)12-15-17(2)13-8-4-3-5-9-13;/h6-14H,1-5H3;4-12H,1-3H3;2-7,9-10,12H,8,11H2,1H3;2*3-11H,1-2H3;3-12H,1-2H3;1H4/q6*+1;. The number of rotatable bonds is 17. The number of para-hydroxylation sites is 4. The minimum Gasteiger partial charge on any atom is -0.497 e. The van der Waals surface area contributed by atoms with Crippen molar-refractivity contribution in [3.63, 3.8) is 0 Å². The Hall–Kier alpha value is -12.9. The second-order valence-corrected chi connectivity index (χ2v) is 28.2. The van der Waals surface area contributed by atoms with Crippen molar-refractivity contribution >= 4 is 83.0 Å². The maximum atomic E-state index is 13.5. The lowest BCUT2D eigenvalue weighted by Gasteiger charge is -2.39. The molecule has 580 valence electrons. The maximum absolute atomic E-state index is 13.5. The van der Waals surface area contributed by atoms with Gasteiger partial charge in [0.25, 0.3) is 0 Å². The van der Waals surface area contributed by atoms with Crippen molar-refractivity contribution in [1.82, 2.24) is 0 Å². The van der Waals surface area contributed by atoms with Crippen molar-refractivity contribution in [3.8, 4) is 5.75 Å². The number of ether oxygens (including phenoxy) is 1. The minimum atomic E-state index is -0.281. The van der Waals surface area contributed by atoms with Crippen LogP contribution >= 0.6 is 11.6 Å². The van der Waals surface area contributed by atoms with Gasteiger partial charge in [-0.2, -0.15) is 30.6 Å². The summed E-state index contributed by atoms with van der Waals surface area (Å²) in [5, 5.41) is 38.8. The quantitative estimate of drug-likeness (QED) is 0.0505. The maximum Gasteiger partial charge on any atom is 0.225 e. The van der Waals surface area contributed by atoms with Gasteiger partial charge < -0.3 is 4.74 Å². The van der Waals surface area contributed by atoms with E-state index >= 15 is 0 Å². The predicted molar refractivity (Wildman–Crippen MR) is 462 cm³/mol. The number of hydrazone groups is 6. The Kier molecular flexibility index (Phi) is 32.1. The van der Waals surface area contributed by atoms with Crippen LogP contribution in [0.4, 0.5) is 38.5 Å². The molecule has 0 fully saturated rings. The highest BCUT2D eigenvalue weighted by atomic mass is 35.5. The third-order valence-corrected chi connectivity index (χ3v) is 19.2. The Morgan fingerprint density at radius 1 is 0.407 bits per heavy atom. The number of aromatic nitrogens is 6. The van der Waals surface area contributed by atoms with Crippen LogP contribution in [0.25, 0.3) is 0 Å². The number of hydrogen-bond acceptors (Lipinski definition) is 13. The van der Waals surface area contributed by atoms with E-state index in [0.717, 1.165) is 74.3 Å². The van der Waals surface area contributed by atoms with Gasteiger partial charge in [0.1, 0.15) is 60.1 Å². The molecular weight excluding hydrogens is 1430 g/mol. The molecule has 0 aliphatic carbocycles. The van der Waals surface area contributed by atoms with E-state index in [1.54, 1.807) is 38.6 Å². The normalized spacial score (nSPS) is 12.8. The Morgan fingerprint density at radius 3 is 1.27 bits per heavy atom.